The van der Waals surface area contributed by atoms with Crippen LogP contribution < -0.4 is 0 Å². The van der Waals surface area contributed by atoms with Crippen LogP contribution in [0.1, 0.15) is 31.2 Å². The molecule has 3 unspecified atom stereocenters. The van der Waals surface area contributed by atoms with Gasteiger partial charge in [0.25, 0.3) is 0 Å². The Bertz CT molecular complexity index is 459. The van der Waals surface area contributed by atoms with E-state index in [1.54, 1.807) is 0 Å². The predicted octanol–water partition coefficient (Wildman–Crippen LogP) is 3.01. The molecule has 1 aliphatic heterocycles. The monoisotopic (exact) mass is 273 g/mol. The molecule has 0 aromatic heterocycles. The van der Waals surface area contributed by atoms with Crippen molar-refractivity contribution in [1.29, 1.82) is 0 Å². The van der Waals surface area contributed by atoms with Crippen molar-refractivity contribution in [3.63, 3.8) is 0 Å². The Morgan fingerprint density at radius 1 is 1.15 bits per heavy atom. The average molecular weight is 273 g/mol. The van der Waals surface area contributed by atoms with Crippen molar-refractivity contribution in [1.82, 2.24) is 4.90 Å². The molecule has 0 bridgehead atoms. The van der Waals surface area contributed by atoms with Gasteiger partial charge in [-0.3, -0.25) is 9.69 Å². The smallest absolute Gasteiger partial charge is 0.306 e. The van der Waals surface area contributed by atoms with Gasteiger partial charge < -0.3 is 5.11 Å². The fraction of sp³-hybridized carbons (Fsp3) is 0.588. The molecule has 3 heteroatoms. The largest absolute Gasteiger partial charge is 0.481 e. The number of fused-ring (bicyclic) bond motifs is 1. The SMILES string of the molecule is O=C(O)C1CCC2CN(Cc3ccccc3)CCC2C1. The molecule has 3 rings (SSSR count). The van der Waals surface area contributed by atoms with E-state index in [2.05, 4.69) is 35.2 Å². The average Bonchev–Trinajstić information content (AvgIpc) is 2.47. The molecule has 1 saturated heterocycles. The molecule has 108 valence electrons. The van der Waals surface area contributed by atoms with Crippen molar-refractivity contribution in [2.24, 2.45) is 17.8 Å². The van der Waals surface area contributed by atoms with Crippen LogP contribution in [0.4, 0.5) is 0 Å². The lowest BCUT2D eigenvalue weighted by molar-refractivity contribution is -0.144. The standard InChI is InChI=1S/C17H23NO2/c19-17(20)15-6-7-16-12-18(9-8-14(16)10-15)11-13-4-2-1-3-5-13/h1-5,14-16H,6-12H2,(H,19,20). The zero-order valence-electron chi connectivity index (χ0n) is 11.9. The van der Waals surface area contributed by atoms with Gasteiger partial charge in [-0.15, -0.1) is 0 Å². The molecule has 1 saturated carbocycles. The van der Waals surface area contributed by atoms with Gasteiger partial charge in [0.15, 0.2) is 0 Å². The van der Waals surface area contributed by atoms with Gasteiger partial charge in [0.2, 0.25) is 0 Å². The quantitative estimate of drug-likeness (QED) is 0.920. The van der Waals surface area contributed by atoms with Crippen molar-refractivity contribution in [2.75, 3.05) is 13.1 Å². The second kappa shape index (κ2) is 5.96. The van der Waals surface area contributed by atoms with Gasteiger partial charge in [-0.1, -0.05) is 30.3 Å². The van der Waals surface area contributed by atoms with Gasteiger partial charge in [-0.05, 0) is 49.6 Å². The minimum Gasteiger partial charge on any atom is -0.481 e. The van der Waals surface area contributed by atoms with Crippen LogP contribution in [0.5, 0.6) is 0 Å². The molecule has 2 aliphatic rings. The second-order valence-electron chi connectivity index (χ2n) is 6.38. The molecular weight excluding hydrogens is 250 g/mol. The summed E-state index contributed by atoms with van der Waals surface area (Å²) in [5.74, 6) is 0.673. The van der Waals surface area contributed by atoms with E-state index in [1.165, 1.54) is 12.0 Å². The summed E-state index contributed by atoms with van der Waals surface area (Å²) in [5.41, 5.74) is 1.38. The molecule has 3 atom stereocenters. The minimum absolute atomic E-state index is 0.0862. The Labute approximate surface area is 120 Å². The number of nitrogens with zero attached hydrogens (tertiary/aromatic N) is 1. The van der Waals surface area contributed by atoms with E-state index in [9.17, 15) is 4.79 Å². The van der Waals surface area contributed by atoms with Crippen LogP contribution in [0, 0.1) is 17.8 Å². The summed E-state index contributed by atoms with van der Waals surface area (Å²) < 4.78 is 0. The maximum atomic E-state index is 11.1. The lowest BCUT2D eigenvalue weighted by Crippen LogP contribution is -2.43. The number of carbonyl (C=O) groups is 1. The van der Waals surface area contributed by atoms with Crippen LogP contribution in [0.15, 0.2) is 30.3 Å². The van der Waals surface area contributed by atoms with Gasteiger partial charge in [0.1, 0.15) is 0 Å². The van der Waals surface area contributed by atoms with Crippen molar-refractivity contribution < 1.29 is 9.90 Å². The first-order chi connectivity index (χ1) is 9.72. The van der Waals surface area contributed by atoms with Crippen molar-refractivity contribution in [3.8, 4) is 0 Å². The van der Waals surface area contributed by atoms with Gasteiger partial charge in [0.05, 0.1) is 5.92 Å². The molecule has 2 fully saturated rings. The topological polar surface area (TPSA) is 40.5 Å². The summed E-state index contributed by atoms with van der Waals surface area (Å²) in [6, 6.07) is 10.6. The normalized spacial score (nSPS) is 30.7. The first-order valence-corrected chi connectivity index (χ1v) is 7.71. The maximum absolute atomic E-state index is 11.1. The summed E-state index contributed by atoms with van der Waals surface area (Å²) in [6.07, 6.45) is 4.03. The number of carboxylic acids is 1. The van der Waals surface area contributed by atoms with Crippen LogP contribution in [-0.4, -0.2) is 29.1 Å². The Kier molecular flexibility index (Phi) is 4.06. The molecule has 0 radical (unpaired) electrons. The molecule has 0 amide bonds. The number of hydrogen-bond donors (Lipinski definition) is 1. The molecule has 1 aromatic carbocycles. The van der Waals surface area contributed by atoms with Crippen LogP contribution in [-0.2, 0) is 11.3 Å². The molecule has 3 nitrogen and oxygen atoms in total. The highest BCUT2D eigenvalue weighted by Crippen LogP contribution is 2.39. The highest BCUT2D eigenvalue weighted by atomic mass is 16.4. The molecule has 20 heavy (non-hydrogen) atoms. The van der Waals surface area contributed by atoms with E-state index in [4.69, 9.17) is 5.11 Å². The Morgan fingerprint density at radius 2 is 1.95 bits per heavy atom. The third-order valence-electron chi connectivity index (χ3n) is 5.05. The summed E-state index contributed by atoms with van der Waals surface area (Å²) in [5, 5.41) is 9.16. The molecule has 0 spiro atoms. The molecule has 1 heterocycles. The fourth-order valence-electron chi connectivity index (χ4n) is 3.90. The number of hydrogen-bond acceptors (Lipinski definition) is 2. The van der Waals surface area contributed by atoms with Gasteiger partial charge in [-0.2, -0.15) is 0 Å². The number of rotatable bonds is 3. The van der Waals surface area contributed by atoms with E-state index >= 15 is 0 Å². The van der Waals surface area contributed by atoms with Crippen LogP contribution in [0.25, 0.3) is 0 Å². The van der Waals surface area contributed by atoms with Crippen molar-refractivity contribution in [3.05, 3.63) is 35.9 Å². The zero-order valence-corrected chi connectivity index (χ0v) is 11.9. The predicted molar refractivity (Wildman–Crippen MR) is 78.3 cm³/mol. The molecule has 1 aromatic rings. The van der Waals surface area contributed by atoms with Gasteiger partial charge in [-0.25, -0.2) is 0 Å². The zero-order chi connectivity index (χ0) is 13.9. The van der Waals surface area contributed by atoms with Crippen LogP contribution in [0.3, 0.4) is 0 Å². The van der Waals surface area contributed by atoms with E-state index in [-0.39, 0.29) is 5.92 Å². The second-order valence-corrected chi connectivity index (χ2v) is 6.38. The van der Waals surface area contributed by atoms with Crippen molar-refractivity contribution >= 4 is 5.97 Å². The number of benzene rings is 1. The number of aliphatic carboxylic acids is 1. The first kappa shape index (κ1) is 13.6. The van der Waals surface area contributed by atoms with Gasteiger partial charge >= 0.3 is 5.97 Å². The molecule has 1 N–H and O–H groups in total. The van der Waals surface area contributed by atoms with E-state index in [0.29, 0.717) is 11.8 Å². The summed E-state index contributed by atoms with van der Waals surface area (Å²) in [6.45, 7) is 3.29. The highest BCUT2D eigenvalue weighted by molar-refractivity contribution is 5.70. The fourth-order valence-corrected chi connectivity index (χ4v) is 3.90. The van der Waals surface area contributed by atoms with E-state index in [1.807, 2.05) is 0 Å². The summed E-state index contributed by atoms with van der Waals surface area (Å²) in [7, 11) is 0. The Morgan fingerprint density at radius 3 is 2.70 bits per heavy atom. The van der Waals surface area contributed by atoms with E-state index in [0.717, 1.165) is 38.9 Å². The maximum Gasteiger partial charge on any atom is 0.306 e. The van der Waals surface area contributed by atoms with Crippen LogP contribution in [0.2, 0.25) is 0 Å². The van der Waals surface area contributed by atoms with E-state index < -0.39 is 5.97 Å². The van der Waals surface area contributed by atoms with Crippen molar-refractivity contribution in [2.45, 2.75) is 32.2 Å². The minimum atomic E-state index is -0.588. The van der Waals surface area contributed by atoms with Crippen LogP contribution >= 0.6 is 0 Å². The molecular formula is C17H23NO2. The third kappa shape index (κ3) is 3.04. The lowest BCUT2D eigenvalue weighted by Gasteiger charge is -2.42. The Hall–Kier alpha value is -1.35. The number of piperidine rings is 1. The summed E-state index contributed by atoms with van der Waals surface area (Å²) in [4.78, 5) is 13.7. The summed E-state index contributed by atoms with van der Waals surface area (Å²) >= 11 is 0. The molecule has 1 aliphatic carbocycles. The number of likely N-dealkylation sites (tertiary alicyclic amines) is 1. The van der Waals surface area contributed by atoms with Gasteiger partial charge in [0, 0.05) is 13.1 Å². The lowest BCUT2D eigenvalue weighted by atomic mass is 9.71. The Balaban J connectivity index is 1.56. The number of carboxylic acid groups (broad SMARTS) is 1. The first-order valence-electron chi connectivity index (χ1n) is 7.71. The highest BCUT2D eigenvalue weighted by Gasteiger charge is 2.36. The third-order valence-corrected chi connectivity index (χ3v) is 5.05.